The van der Waals surface area contributed by atoms with Gasteiger partial charge in [0.2, 0.25) is 0 Å². The topological polar surface area (TPSA) is 45.3 Å². The first-order chi connectivity index (χ1) is 9.46. The van der Waals surface area contributed by atoms with Gasteiger partial charge in [0.15, 0.2) is 0 Å². The molecule has 2 aromatic rings. The lowest BCUT2D eigenvalue weighted by Crippen LogP contribution is -2.53. The van der Waals surface area contributed by atoms with Crippen LogP contribution in [0.2, 0.25) is 0 Å². The normalized spacial score (nSPS) is 22.1. The van der Waals surface area contributed by atoms with Gasteiger partial charge in [-0.2, -0.15) is 0 Å². The van der Waals surface area contributed by atoms with Crippen LogP contribution in [-0.4, -0.2) is 40.6 Å². The first-order valence-electron chi connectivity index (χ1n) is 6.99. The molecule has 1 aromatic carbocycles. The standard InChI is InChI=1S/C16H20N2O2/c1-11-9-18(10-16(2,3)20-11)15(19)13-5-4-6-14-12(13)7-8-17-14/h4-8,11,17H,9-10H2,1-3H3. The number of hydrogen-bond donors (Lipinski definition) is 1. The fraction of sp³-hybridized carbons (Fsp3) is 0.438. The van der Waals surface area contributed by atoms with Gasteiger partial charge in [0.05, 0.1) is 11.7 Å². The van der Waals surface area contributed by atoms with E-state index in [1.165, 1.54) is 0 Å². The number of hydrogen-bond acceptors (Lipinski definition) is 2. The van der Waals surface area contributed by atoms with Gasteiger partial charge < -0.3 is 14.6 Å². The summed E-state index contributed by atoms with van der Waals surface area (Å²) in [5.41, 5.74) is 1.46. The Balaban J connectivity index is 1.94. The molecule has 2 heterocycles. The Morgan fingerprint density at radius 2 is 2.20 bits per heavy atom. The van der Waals surface area contributed by atoms with Gasteiger partial charge in [-0.05, 0) is 39.0 Å². The zero-order chi connectivity index (χ0) is 14.3. The highest BCUT2D eigenvalue weighted by Crippen LogP contribution is 2.25. The zero-order valence-corrected chi connectivity index (χ0v) is 12.1. The van der Waals surface area contributed by atoms with Gasteiger partial charge in [-0.15, -0.1) is 0 Å². The van der Waals surface area contributed by atoms with Crippen molar-refractivity contribution in [3.8, 4) is 0 Å². The molecule has 0 saturated carbocycles. The Morgan fingerprint density at radius 1 is 1.40 bits per heavy atom. The smallest absolute Gasteiger partial charge is 0.254 e. The van der Waals surface area contributed by atoms with Crippen molar-refractivity contribution >= 4 is 16.8 Å². The number of carbonyl (C=O) groups excluding carboxylic acids is 1. The van der Waals surface area contributed by atoms with Crippen molar-refractivity contribution < 1.29 is 9.53 Å². The summed E-state index contributed by atoms with van der Waals surface area (Å²) in [6.45, 7) is 7.33. The minimum absolute atomic E-state index is 0.0631. The third-order valence-corrected chi connectivity index (χ3v) is 3.68. The highest BCUT2D eigenvalue weighted by Gasteiger charge is 2.34. The van der Waals surface area contributed by atoms with Crippen LogP contribution in [0, 0.1) is 0 Å². The monoisotopic (exact) mass is 272 g/mol. The van der Waals surface area contributed by atoms with Gasteiger partial charge in [0, 0.05) is 35.8 Å². The Labute approximate surface area is 118 Å². The Morgan fingerprint density at radius 3 is 2.95 bits per heavy atom. The molecule has 0 radical (unpaired) electrons. The van der Waals surface area contributed by atoms with Crippen LogP contribution in [0.1, 0.15) is 31.1 Å². The van der Waals surface area contributed by atoms with Gasteiger partial charge in [-0.25, -0.2) is 0 Å². The average molecular weight is 272 g/mol. The third kappa shape index (κ3) is 2.31. The number of morpholine rings is 1. The van der Waals surface area contributed by atoms with E-state index in [2.05, 4.69) is 4.98 Å². The second-order valence-electron chi connectivity index (χ2n) is 6.12. The summed E-state index contributed by atoms with van der Waals surface area (Å²) in [7, 11) is 0. The maximum absolute atomic E-state index is 12.8. The van der Waals surface area contributed by atoms with Crippen LogP contribution in [0.4, 0.5) is 0 Å². The minimum atomic E-state index is -0.292. The first kappa shape index (κ1) is 13.2. The van der Waals surface area contributed by atoms with Crippen molar-refractivity contribution in [1.29, 1.82) is 0 Å². The Hall–Kier alpha value is -1.81. The molecule has 3 rings (SSSR count). The van der Waals surface area contributed by atoms with E-state index in [0.29, 0.717) is 13.1 Å². The SMILES string of the molecule is CC1CN(C(=O)c2cccc3[nH]ccc23)CC(C)(C)O1. The van der Waals surface area contributed by atoms with Crippen LogP contribution >= 0.6 is 0 Å². The highest BCUT2D eigenvalue weighted by atomic mass is 16.5. The number of carbonyl (C=O) groups is 1. The van der Waals surface area contributed by atoms with Gasteiger partial charge in [0.25, 0.3) is 5.91 Å². The van der Waals surface area contributed by atoms with E-state index in [1.54, 1.807) is 0 Å². The molecule has 1 unspecified atom stereocenters. The van der Waals surface area contributed by atoms with E-state index in [9.17, 15) is 4.79 Å². The van der Waals surface area contributed by atoms with E-state index in [4.69, 9.17) is 4.74 Å². The van der Waals surface area contributed by atoms with Crippen molar-refractivity contribution in [3.63, 3.8) is 0 Å². The number of ether oxygens (including phenoxy) is 1. The Bertz CT molecular complexity index is 645. The summed E-state index contributed by atoms with van der Waals surface area (Å²) in [5.74, 6) is 0.0819. The zero-order valence-electron chi connectivity index (χ0n) is 12.1. The number of amides is 1. The molecule has 1 fully saturated rings. The number of H-pyrrole nitrogens is 1. The molecule has 0 aliphatic carbocycles. The number of rotatable bonds is 1. The van der Waals surface area contributed by atoms with Crippen molar-refractivity contribution in [2.24, 2.45) is 0 Å². The number of fused-ring (bicyclic) bond motifs is 1. The molecule has 1 aliphatic heterocycles. The lowest BCUT2D eigenvalue weighted by atomic mass is 10.0. The lowest BCUT2D eigenvalue weighted by Gasteiger charge is -2.41. The summed E-state index contributed by atoms with van der Waals surface area (Å²) in [4.78, 5) is 17.8. The highest BCUT2D eigenvalue weighted by molar-refractivity contribution is 6.06. The van der Waals surface area contributed by atoms with Crippen LogP contribution in [0.5, 0.6) is 0 Å². The maximum Gasteiger partial charge on any atom is 0.254 e. The van der Waals surface area contributed by atoms with Gasteiger partial charge in [-0.1, -0.05) is 6.07 Å². The number of nitrogens with zero attached hydrogens (tertiary/aromatic N) is 1. The molecule has 4 heteroatoms. The van der Waals surface area contributed by atoms with E-state index in [0.717, 1.165) is 16.5 Å². The predicted molar refractivity (Wildman–Crippen MR) is 78.8 cm³/mol. The number of nitrogens with one attached hydrogen (secondary N) is 1. The van der Waals surface area contributed by atoms with Crippen molar-refractivity contribution in [2.75, 3.05) is 13.1 Å². The largest absolute Gasteiger partial charge is 0.369 e. The molecule has 0 bridgehead atoms. The fourth-order valence-corrected chi connectivity index (χ4v) is 3.05. The summed E-state index contributed by atoms with van der Waals surface area (Å²) in [6, 6.07) is 7.75. The van der Waals surface area contributed by atoms with Gasteiger partial charge in [-0.3, -0.25) is 4.79 Å². The minimum Gasteiger partial charge on any atom is -0.369 e. The maximum atomic E-state index is 12.8. The molecule has 1 N–H and O–H groups in total. The summed E-state index contributed by atoms with van der Waals surface area (Å²) < 4.78 is 5.86. The molecule has 1 atom stereocenters. The molecule has 20 heavy (non-hydrogen) atoms. The second kappa shape index (κ2) is 4.63. The van der Waals surface area contributed by atoms with E-state index in [1.807, 2.05) is 56.1 Å². The van der Waals surface area contributed by atoms with Crippen LogP contribution in [-0.2, 0) is 4.74 Å². The quantitative estimate of drug-likeness (QED) is 0.867. The molecule has 0 spiro atoms. The van der Waals surface area contributed by atoms with Crippen LogP contribution < -0.4 is 0 Å². The van der Waals surface area contributed by atoms with E-state index in [-0.39, 0.29) is 17.6 Å². The van der Waals surface area contributed by atoms with E-state index >= 15 is 0 Å². The van der Waals surface area contributed by atoms with Gasteiger partial charge >= 0.3 is 0 Å². The molecule has 1 amide bonds. The van der Waals surface area contributed by atoms with Crippen molar-refractivity contribution in [3.05, 3.63) is 36.0 Å². The number of aromatic nitrogens is 1. The molecule has 4 nitrogen and oxygen atoms in total. The fourth-order valence-electron chi connectivity index (χ4n) is 3.05. The number of benzene rings is 1. The third-order valence-electron chi connectivity index (χ3n) is 3.68. The van der Waals surface area contributed by atoms with Crippen molar-refractivity contribution in [1.82, 2.24) is 9.88 Å². The summed E-state index contributed by atoms with van der Waals surface area (Å²) in [5, 5.41) is 0.981. The molecular weight excluding hydrogens is 252 g/mol. The average Bonchev–Trinajstić information content (AvgIpc) is 2.83. The van der Waals surface area contributed by atoms with Gasteiger partial charge in [0.1, 0.15) is 0 Å². The Kier molecular flexibility index (Phi) is 3.05. The van der Waals surface area contributed by atoms with Crippen LogP contribution in [0.3, 0.4) is 0 Å². The molecule has 1 aliphatic rings. The van der Waals surface area contributed by atoms with Crippen LogP contribution in [0.15, 0.2) is 30.5 Å². The molecule has 1 aromatic heterocycles. The van der Waals surface area contributed by atoms with E-state index < -0.39 is 0 Å². The summed E-state index contributed by atoms with van der Waals surface area (Å²) in [6.07, 6.45) is 1.93. The predicted octanol–water partition coefficient (Wildman–Crippen LogP) is 2.81. The number of aromatic amines is 1. The lowest BCUT2D eigenvalue weighted by molar-refractivity contribution is -0.118. The molecule has 1 saturated heterocycles. The van der Waals surface area contributed by atoms with Crippen LogP contribution in [0.25, 0.3) is 10.9 Å². The first-order valence-corrected chi connectivity index (χ1v) is 6.99. The summed E-state index contributed by atoms with van der Waals surface area (Å²) >= 11 is 0. The second-order valence-corrected chi connectivity index (χ2v) is 6.12. The van der Waals surface area contributed by atoms with Crippen molar-refractivity contribution in [2.45, 2.75) is 32.5 Å². The molecule has 106 valence electrons. The molecular formula is C16H20N2O2.